The average Bonchev–Trinajstić information content (AvgIpc) is 2.93. The van der Waals surface area contributed by atoms with E-state index in [1.54, 1.807) is 4.68 Å². The Morgan fingerprint density at radius 3 is 2.67 bits per heavy atom. The van der Waals surface area contributed by atoms with Crippen LogP contribution in [0.4, 0.5) is 0 Å². The molecule has 0 fully saturated rings. The van der Waals surface area contributed by atoms with Crippen molar-refractivity contribution in [3.63, 3.8) is 0 Å². The summed E-state index contributed by atoms with van der Waals surface area (Å²) in [6, 6.07) is 15.3. The number of aromatic nitrogens is 2. The van der Waals surface area contributed by atoms with Crippen LogP contribution in [0.2, 0.25) is 5.02 Å². The number of halogens is 1. The van der Waals surface area contributed by atoms with E-state index < -0.39 is 0 Å². The van der Waals surface area contributed by atoms with Crippen LogP contribution in [0, 0.1) is 6.92 Å². The van der Waals surface area contributed by atoms with Crippen molar-refractivity contribution in [1.82, 2.24) is 15.1 Å². The molecule has 24 heavy (non-hydrogen) atoms. The standard InChI is InChI=1S/C19H20ClN3O/c1-13-17-5-3-4-6-18(17)23(22-13)14(2)19(24)21-12-11-15-7-9-16(20)10-8-15/h3-10,14H,11-12H2,1-2H3,(H,21,24)/t14-/m1/s1. The second-order valence-corrected chi connectivity index (χ2v) is 6.33. The van der Waals surface area contributed by atoms with Gasteiger partial charge in [-0.05, 0) is 44.0 Å². The average molecular weight is 342 g/mol. The van der Waals surface area contributed by atoms with Gasteiger partial charge in [-0.2, -0.15) is 5.10 Å². The number of hydrogen-bond acceptors (Lipinski definition) is 2. The Morgan fingerprint density at radius 2 is 1.92 bits per heavy atom. The summed E-state index contributed by atoms with van der Waals surface area (Å²) in [4.78, 5) is 12.4. The SMILES string of the molecule is Cc1nn([C@H](C)C(=O)NCCc2ccc(Cl)cc2)c2ccccc12. The molecule has 1 atom stereocenters. The molecule has 4 nitrogen and oxygen atoms in total. The Bertz CT molecular complexity index is 855. The highest BCUT2D eigenvalue weighted by molar-refractivity contribution is 6.30. The van der Waals surface area contributed by atoms with E-state index in [4.69, 9.17) is 11.6 Å². The van der Waals surface area contributed by atoms with E-state index in [0.717, 1.165) is 33.6 Å². The molecular weight excluding hydrogens is 322 g/mol. The van der Waals surface area contributed by atoms with E-state index >= 15 is 0 Å². The fraction of sp³-hybridized carbons (Fsp3) is 0.263. The Balaban J connectivity index is 1.65. The molecule has 0 aliphatic carbocycles. The van der Waals surface area contributed by atoms with Crippen molar-refractivity contribution < 1.29 is 4.79 Å². The number of nitrogens with zero attached hydrogens (tertiary/aromatic N) is 2. The lowest BCUT2D eigenvalue weighted by Crippen LogP contribution is -2.32. The number of aryl methyl sites for hydroxylation is 1. The van der Waals surface area contributed by atoms with Crippen molar-refractivity contribution in [2.45, 2.75) is 26.3 Å². The molecule has 0 aliphatic rings. The molecule has 0 aliphatic heterocycles. The summed E-state index contributed by atoms with van der Waals surface area (Å²) in [6.45, 7) is 4.42. The lowest BCUT2D eigenvalue weighted by atomic mass is 10.1. The third kappa shape index (κ3) is 3.44. The van der Waals surface area contributed by atoms with Gasteiger partial charge in [0.25, 0.3) is 0 Å². The van der Waals surface area contributed by atoms with Crippen LogP contribution in [0.3, 0.4) is 0 Å². The number of hydrogen-bond donors (Lipinski definition) is 1. The quantitative estimate of drug-likeness (QED) is 0.764. The highest BCUT2D eigenvalue weighted by Gasteiger charge is 2.18. The molecule has 0 saturated carbocycles. The maximum atomic E-state index is 12.4. The van der Waals surface area contributed by atoms with E-state index in [-0.39, 0.29) is 11.9 Å². The minimum Gasteiger partial charge on any atom is -0.354 e. The number of rotatable bonds is 5. The number of para-hydroxylation sites is 1. The third-order valence-electron chi connectivity index (χ3n) is 4.17. The van der Waals surface area contributed by atoms with Gasteiger partial charge in [-0.15, -0.1) is 0 Å². The summed E-state index contributed by atoms with van der Waals surface area (Å²) < 4.78 is 1.79. The van der Waals surface area contributed by atoms with Gasteiger partial charge in [0.2, 0.25) is 5.91 Å². The van der Waals surface area contributed by atoms with Crippen molar-refractivity contribution in [2.24, 2.45) is 0 Å². The van der Waals surface area contributed by atoms with E-state index in [2.05, 4.69) is 10.4 Å². The van der Waals surface area contributed by atoms with Gasteiger partial charge in [0.15, 0.2) is 0 Å². The fourth-order valence-corrected chi connectivity index (χ4v) is 2.91. The first-order valence-electron chi connectivity index (χ1n) is 8.02. The predicted octanol–water partition coefficient (Wildman–Crippen LogP) is 3.92. The Hall–Kier alpha value is -2.33. The normalized spacial score (nSPS) is 12.3. The van der Waals surface area contributed by atoms with Crippen LogP contribution < -0.4 is 5.32 Å². The highest BCUT2D eigenvalue weighted by Crippen LogP contribution is 2.21. The zero-order valence-electron chi connectivity index (χ0n) is 13.8. The first kappa shape index (κ1) is 16.5. The van der Waals surface area contributed by atoms with Crippen LogP contribution in [0.1, 0.15) is 24.2 Å². The molecule has 5 heteroatoms. The first-order chi connectivity index (χ1) is 11.6. The highest BCUT2D eigenvalue weighted by atomic mass is 35.5. The van der Waals surface area contributed by atoms with Gasteiger partial charge in [0.1, 0.15) is 6.04 Å². The molecule has 1 heterocycles. The topological polar surface area (TPSA) is 46.9 Å². The Labute approximate surface area is 146 Å². The summed E-state index contributed by atoms with van der Waals surface area (Å²) in [7, 11) is 0. The number of carbonyl (C=O) groups excluding carboxylic acids is 1. The largest absolute Gasteiger partial charge is 0.354 e. The van der Waals surface area contributed by atoms with Gasteiger partial charge in [-0.3, -0.25) is 9.48 Å². The van der Waals surface area contributed by atoms with Crippen LogP contribution in [-0.2, 0) is 11.2 Å². The van der Waals surface area contributed by atoms with Crippen molar-refractivity contribution in [1.29, 1.82) is 0 Å². The van der Waals surface area contributed by atoms with E-state index in [9.17, 15) is 4.79 Å². The van der Waals surface area contributed by atoms with E-state index in [1.807, 2.05) is 62.4 Å². The van der Waals surface area contributed by atoms with Gasteiger partial charge in [0.05, 0.1) is 11.2 Å². The molecule has 3 rings (SSSR count). The molecule has 0 spiro atoms. The number of benzene rings is 2. The van der Waals surface area contributed by atoms with Gasteiger partial charge >= 0.3 is 0 Å². The summed E-state index contributed by atoms with van der Waals surface area (Å²) in [5.74, 6) is -0.0304. The van der Waals surface area contributed by atoms with E-state index in [1.165, 1.54) is 0 Å². The molecule has 0 saturated heterocycles. The van der Waals surface area contributed by atoms with Crippen LogP contribution in [0.5, 0.6) is 0 Å². The number of carbonyl (C=O) groups is 1. The van der Waals surface area contributed by atoms with Crippen molar-refractivity contribution in [2.75, 3.05) is 6.54 Å². The second kappa shape index (κ2) is 7.05. The van der Waals surface area contributed by atoms with Crippen LogP contribution >= 0.6 is 11.6 Å². The predicted molar refractivity (Wildman–Crippen MR) is 97.3 cm³/mol. The maximum Gasteiger partial charge on any atom is 0.244 e. The Kier molecular flexibility index (Phi) is 4.86. The molecule has 0 bridgehead atoms. The maximum absolute atomic E-state index is 12.4. The zero-order chi connectivity index (χ0) is 17.1. The first-order valence-corrected chi connectivity index (χ1v) is 8.40. The van der Waals surface area contributed by atoms with Gasteiger partial charge in [0, 0.05) is 17.0 Å². The van der Waals surface area contributed by atoms with Crippen LogP contribution in [-0.4, -0.2) is 22.2 Å². The smallest absolute Gasteiger partial charge is 0.244 e. The van der Waals surface area contributed by atoms with Crippen molar-refractivity contribution in [3.05, 3.63) is 64.8 Å². The minimum atomic E-state index is -0.353. The van der Waals surface area contributed by atoms with Crippen molar-refractivity contribution in [3.8, 4) is 0 Å². The molecule has 0 unspecified atom stereocenters. The molecule has 1 N–H and O–H groups in total. The molecule has 2 aromatic carbocycles. The molecular formula is C19H20ClN3O. The van der Waals surface area contributed by atoms with Crippen LogP contribution in [0.15, 0.2) is 48.5 Å². The number of fused-ring (bicyclic) bond motifs is 1. The lowest BCUT2D eigenvalue weighted by Gasteiger charge is -2.14. The fourth-order valence-electron chi connectivity index (χ4n) is 2.78. The van der Waals surface area contributed by atoms with Crippen molar-refractivity contribution >= 4 is 28.4 Å². The summed E-state index contributed by atoms with van der Waals surface area (Å²) >= 11 is 5.88. The van der Waals surface area contributed by atoms with Gasteiger partial charge in [-0.1, -0.05) is 41.9 Å². The summed E-state index contributed by atoms with van der Waals surface area (Å²) in [5.41, 5.74) is 3.06. The third-order valence-corrected chi connectivity index (χ3v) is 4.42. The van der Waals surface area contributed by atoms with Gasteiger partial charge in [-0.25, -0.2) is 0 Å². The monoisotopic (exact) mass is 341 g/mol. The molecule has 1 amide bonds. The number of amides is 1. The molecule has 124 valence electrons. The molecule has 3 aromatic rings. The summed E-state index contributed by atoms with van der Waals surface area (Å²) in [6.07, 6.45) is 0.772. The second-order valence-electron chi connectivity index (χ2n) is 5.89. The summed E-state index contributed by atoms with van der Waals surface area (Å²) in [5, 5.41) is 9.31. The van der Waals surface area contributed by atoms with E-state index in [0.29, 0.717) is 6.54 Å². The molecule has 0 radical (unpaired) electrons. The van der Waals surface area contributed by atoms with Crippen LogP contribution in [0.25, 0.3) is 10.9 Å². The molecule has 1 aromatic heterocycles. The minimum absolute atomic E-state index is 0.0304. The van der Waals surface area contributed by atoms with Gasteiger partial charge < -0.3 is 5.32 Å². The zero-order valence-corrected chi connectivity index (χ0v) is 14.5. The Morgan fingerprint density at radius 1 is 1.21 bits per heavy atom. The number of nitrogens with one attached hydrogen (secondary N) is 1. The lowest BCUT2D eigenvalue weighted by molar-refractivity contribution is -0.124.